The topological polar surface area (TPSA) is 15.3 Å². The maximum absolute atomic E-state index is 6.46. The summed E-state index contributed by atoms with van der Waals surface area (Å²) >= 11 is 8.36. The zero-order valence-electron chi connectivity index (χ0n) is 12.7. The third-order valence-electron chi connectivity index (χ3n) is 3.97. The summed E-state index contributed by atoms with van der Waals surface area (Å²) in [5, 5.41) is 4.38. The van der Waals surface area contributed by atoms with E-state index in [1.54, 1.807) is 0 Å². The number of nitrogens with one attached hydrogen (secondary N) is 1. The summed E-state index contributed by atoms with van der Waals surface area (Å²) in [4.78, 5) is 2.29. The largest absolute Gasteiger partial charge is 0.371 e. The lowest BCUT2D eigenvalue weighted by atomic mass is 10.1. The van der Waals surface area contributed by atoms with Crippen molar-refractivity contribution in [3.63, 3.8) is 0 Å². The maximum Gasteiger partial charge on any atom is 0.0642 e. The van der Waals surface area contributed by atoms with Gasteiger partial charge in [-0.2, -0.15) is 11.8 Å². The molecular weight excluding hydrogens is 288 g/mol. The van der Waals surface area contributed by atoms with Gasteiger partial charge in [-0.25, -0.2) is 0 Å². The van der Waals surface area contributed by atoms with Crippen molar-refractivity contribution < 1.29 is 0 Å². The van der Waals surface area contributed by atoms with Crippen LogP contribution in [0.25, 0.3) is 0 Å². The molecule has 1 aromatic carbocycles. The van der Waals surface area contributed by atoms with E-state index in [0.717, 1.165) is 23.3 Å². The molecule has 112 valence electrons. The molecule has 2 rings (SSSR count). The van der Waals surface area contributed by atoms with Gasteiger partial charge >= 0.3 is 0 Å². The van der Waals surface area contributed by atoms with Crippen LogP contribution >= 0.6 is 23.4 Å². The van der Waals surface area contributed by atoms with E-state index in [-0.39, 0.29) is 0 Å². The van der Waals surface area contributed by atoms with Crippen LogP contribution in [0.2, 0.25) is 5.02 Å². The van der Waals surface area contributed by atoms with Crippen LogP contribution in [0.1, 0.15) is 31.7 Å². The minimum atomic E-state index is 0.510. The van der Waals surface area contributed by atoms with Gasteiger partial charge in [0.1, 0.15) is 0 Å². The van der Waals surface area contributed by atoms with Crippen LogP contribution < -0.4 is 10.2 Å². The lowest BCUT2D eigenvalue weighted by Crippen LogP contribution is -2.29. The first-order valence-corrected chi connectivity index (χ1v) is 9.12. The second-order valence-electron chi connectivity index (χ2n) is 5.68. The predicted molar refractivity (Wildman–Crippen MR) is 92.2 cm³/mol. The van der Waals surface area contributed by atoms with Crippen LogP contribution in [-0.2, 0) is 6.54 Å². The smallest absolute Gasteiger partial charge is 0.0642 e. The molecule has 0 aromatic heterocycles. The van der Waals surface area contributed by atoms with Gasteiger partial charge in [-0.05, 0) is 55.9 Å². The summed E-state index contributed by atoms with van der Waals surface area (Å²) in [5.74, 6) is 1.19. The highest BCUT2D eigenvalue weighted by atomic mass is 35.5. The summed E-state index contributed by atoms with van der Waals surface area (Å²) in [6.07, 6.45) is 5.98. The van der Waals surface area contributed by atoms with E-state index in [9.17, 15) is 0 Å². The fourth-order valence-electron chi connectivity index (χ4n) is 2.22. The zero-order chi connectivity index (χ0) is 14.5. The van der Waals surface area contributed by atoms with E-state index in [2.05, 4.69) is 48.6 Å². The number of hydrogen-bond acceptors (Lipinski definition) is 3. The average molecular weight is 313 g/mol. The Kier molecular flexibility index (Phi) is 6.06. The molecule has 1 aliphatic carbocycles. The molecule has 1 aromatic rings. The Labute approximate surface area is 132 Å². The lowest BCUT2D eigenvalue weighted by Gasteiger charge is -2.28. The molecule has 0 saturated heterocycles. The van der Waals surface area contributed by atoms with Gasteiger partial charge in [-0.15, -0.1) is 0 Å². The molecule has 0 heterocycles. The minimum absolute atomic E-state index is 0.510. The highest BCUT2D eigenvalue weighted by Gasteiger charge is 2.20. The van der Waals surface area contributed by atoms with Crippen molar-refractivity contribution in [1.29, 1.82) is 0 Å². The van der Waals surface area contributed by atoms with Crippen molar-refractivity contribution in [3.8, 4) is 0 Å². The number of hydrogen-bond donors (Lipinski definition) is 1. The Bertz CT molecular complexity index is 434. The van der Waals surface area contributed by atoms with Gasteiger partial charge in [0.25, 0.3) is 0 Å². The summed E-state index contributed by atoms with van der Waals surface area (Å²) in [6.45, 7) is 3.19. The summed E-state index contributed by atoms with van der Waals surface area (Å²) in [5.41, 5.74) is 2.41. The average Bonchev–Trinajstić information content (AvgIpc) is 3.26. The molecule has 0 spiro atoms. The molecule has 20 heavy (non-hydrogen) atoms. The van der Waals surface area contributed by atoms with Gasteiger partial charge in [-0.3, -0.25) is 0 Å². The summed E-state index contributed by atoms with van der Waals surface area (Å²) in [7, 11) is 2.13. The van der Waals surface area contributed by atoms with Crippen LogP contribution in [0.3, 0.4) is 0 Å². The highest BCUT2D eigenvalue weighted by Crippen LogP contribution is 2.28. The lowest BCUT2D eigenvalue weighted by molar-refractivity contribution is 0.668. The van der Waals surface area contributed by atoms with Gasteiger partial charge in [0.15, 0.2) is 0 Å². The SMILES string of the molecule is CSCCC(C)N(C)c1ccc(CNC2CC2)cc1Cl. The van der Waals surface area contributed by atoms with Gasteiger partial charge in [-0.1, -0.05) is 17.7 Å². The Morgan fingerprint density at radius 3 is 2.80 bits per heavy atom. The number of thioether (sulfide) groups is 1. The normalized spacial score (nSPS) is 16.2. The fraction of sp³-hybridized carbons (Fsp3) is 0.625. The second kappa shape index (κ2) is 7.58. The van der Waals surface area contributed by atoms with Crippen molar-refractivity contribution in [3.05, 3.63) is 28.8 Å². The monoisotopic (exact) mass is 312 g/mol. The number of anilines is 1. The third-order valence-corrected chi connectivity index (χ3v) is 4.91. The number of benzene rings is 1. The molecule has 4 heteroatoms. The van der Waals surface area contributed by atoms with Crippen LogP contribution in [0.5, 0.6) is 0 Å². The standard InChI is InChI=1S/C16H25ClN2S/c1-12(8-9-20-3)19(2)16-7-4-13(10-15(16)17)11-18-14-5-6-14/h4,7,10,12,14,18H,5-6,8-9,11H2,1-3H3. The predicted octanol–water partition coefficient (Wildman–Crippen LogP) is 4.17. The van der Waals surface area contributed by atoms with E-state index in [0.29, 0.717) is 6.04 Å². The first-order valence-electron chi connectivity index (χ1n) is 7.35. The molecule has 0 amide bonds. The van der Waals surface area contributed by atoms with E-state index >= 15 is 0 Å². The first kappa shape index (κ1) is 16.0. The molecular formula is C16H25ClN2S. The Balaban J connectivity index is 1.96. The third kappa shape index (κ3) is 4.57. The first-order chi connectivity index (χ1) is 9.61. The van der Waals surface area contributed by atoms with E-state index in [1.807, 2.05) is 11.8 Å². The molecule has 0 radical (unpaired) electrons. The zero-order valence-corrected chi connectivity index (χ0v) is 14.2. The van der Waals surface area contributed by atoms with E-state index in [4.69, 9.17) is 11.6 Å². The Hall–Kier alpha value is -0.380. The van der Waals surface area contributed by atoms with Crippen molar-refractivity contribution in [1.82, 2.24) is 5.32 Å². The van der Waals surface area contributed by atoms with Gasteiger partial charge in [0.05, 0.1) is 10.7 Å². The molecule has 0 aliphatic heterocycles. The fourth-order valence-corrected chi connectivity index (χ4v) is 3.13. The molecule has 1 aliphatic rings. The highest BCUT2D eigenvalue weighted by molar-refractivity contribution is 7.98. The Morgan fingerprint density at radius 1 is 1.45 bits per heavy atom. The van der Waals surface area contributed by atoms with E-state index in [1.165, 1.54) is 30.6 Å². The molecule has 2 nitrogen and oxygen atoms in total. The van der Waals surface area contributed by atoms with Crippen LogP contribution in [0.15, 0.2) is 18.2 Å². The van der Waals surface area contributed by atoms with Crippen molar-refractivity contribution >= 4 is 29.1 Å². The van der Waals surface area contributed by atoms with Gasteiger partial charge in [0, 0.05) is 25.7 Å². The molecule has 1 saturated carbocycles. The number of halogens is 1. The molecule has 1 atom stereocenters. The molecule has 0 bridgehead atoms. The molecule has 1 fully saturated rings. The van der Waals surface area contributed by atoms with Crippen molar-refractivity contribution in [2.45, 2.75) is 44.8 Å². The number of nitrogens with zero attached hydrogens (tertiary/aromatic N) is 1. The Morgan fingerprint density at radius 2 is 2.20 bits per heavy atom. The molecule has 1 N–H and O–H groups in total. The second-order valence-corrected chi connectivity index (χ2v) is 7.08. The van der Waals surface area contributed by atoms with Crippen LogP contribution in [0.4, 0.5) is 5.69 Å². The number of rotatable bonds is 8. The molecule has 1 unspecified atom stereocenters. The van der Waals surface area contributed by atoms with Gasteiger partial charge < -0.3 is 10.2 Å². The van der Waals surface area contributed by atoms with Gasteiger partial charge in [0.2, 0.25) is 0 Å². The van der Waals surface area contributed by atoms with Crippen LogP contribution in [0, 0.1) is 0 Å². The summed E-state index contributed by atoms with van der Waals surface area (Å²) < 4.78 is 0. The maximum atomic E-state index is 6.46. The minimum Gasteiger partial charge on any atom is -0.371 e. The van der Waals surface area contributed by atoms with Crippen molar-refractivity contribution in [2.75, 3.05) is 24.0 Å². The quantitative estimate of drug-likeness (QED) is 0.775. The van der Waals surface area contributed by atoms with E-state index < -0.39 is 0 Å². The summed E-state index contributed by atoms with van der Waals surface area (Å²) in [6, 6.07) is 7.69. The van der Waals surface area contributed by atoms with Crippen molar-refractivity contribution in [2.24, 2.45) is 0 Å². The van der Waals surface area contributed by atoms with Crippen LogP contribution in [-0.4, -0.2) is 31.1 Å².